The lowest BCUT2D eigenvalue weighted by atomic mass is 10.1. The summed E-state index contributed by atoms with van der Waals surface area (Å²) in [4.78, 5) is 10.9. The summed E-state index contributed by atoms with van der Waals surface area (Å²) >= 11 is 0. The van der Waals surface area contributed by atoms with E-state index >= 15 is 0 Å². The van der Waals surface area contributed by atoms with Crippen LogP contribution in [0.1, 0.15) is 11.1 Å². The highest BCUT2D eigenvalue weighted by molar-refractivity contribution is 5.83. The van der Waals surface area contributed by atoms with Crippen molar-refractivity contribution in [2.45, 2.75) is 13.8 Å². The maximum atomic E-state index is 10.9. The Bertz CT molecular complexity index is 320. The molecule has 0 spiro atoms. The molecule has 1 radical (unpaired) electrons. The van der Waals surface area contributed by atoms with Crippen LogP contribution in [0, 0.1) is 19.9 Å². The Kier molecular flexibility index (Phi) is 2.85. The van der Waals surface area contributed by atoms with E-state index in [2.05, 4.69) is 12.6 Å². The summed E-state index contributed by atoms with van der Waals surface area (Å²) in [6.07, 6.45) is 1.15. The lowest BCUT2D eigenvalue weighted by molar-refractivity contribution is -0.129. The molecule has 0 fully saturated rings. The molecule has 0 heterocycles. The lowest BCUT2D eigenvalue weighted by Gasteiger charge is -2.07. The summed E-state index contributed by atoms with van der Waals surface area (Å²) in [6.45, 7) is 7.07. The molecule has 0 unspecified atom stereocenters. The molecule has 0 atom stereocenters. The lowest BCUT2D eigenvalue weighted by Crippen LogP contribution is -2.05. The van der Waals surface area contributed by atoms with Crippen LogP contribution in [0.25, 0.3) is 0 Å². The molecular formula is C11H11O2. The molecule has 0 aromatic heterocycles. The van der Waals surface area contributed by atoms with Gasteiger partial charge in [0.15, 0.2) is 0 Å². The summed E-state index contributed by atoms with van der Waals surface area (Å²) in [6, 6.07) is 6.50. The maximum absolute atomic E-state index is 10.9. The van der Waals surface area contributed by atoms with E-state index < -0.39 is 5.97 Å². The quantitative estimate of drug-likeness (QED) is 0.391. The second kappa shape index (κ2) is 3.90. The highest BCUT2D eigenvalue weighted by Gasteiger charge is 2.05. The predicted octanol–water partition coefficient (Wildman–Crippen LogP) is 2.20. The van der Waals surface area contributed by atoms with Crippen LogP contribution in [0.15, 0.2) is 24.8 Å². The van der Waals surface area contributed by atoms with Crippen LogP contribution in [0.5, 0.6) is 5.75 Å². The van der Waals surface area contributed by atoms with Gasteiger partial charge in [-0.05, 0) is 43.2 Å². The Balaban J connectivity index is 2.99. The number of carbonyl (C=O) groups is 1. The van der Waals surface area contributed by atoms with E-state index in [0.717, 1.165) is 17.2 Å². The number of rotatable bonds is 2. The fourth-order valence-electron chi connectivity index (χ4n) is 1.04. The highest BCUT2D eigenvalue weighted by Crippen LogP contribution is 2.21. The van der Waals surface area contributed by atoms with Gasteiger partial charge in [-0.2, -0.15) is 0 Å². The first-order valence-electron chi connectivity index (χ1n) is 3.96. The molecule has 13 heavy (non-hydrogen) atoms. The van der Waals surface area contributed by atoms with Crippen LogP contribution in [0.3, 0.4) is 0 Å². The predicted molar refractivity (Wildman–Crippen MR) is 50.6 cm³/mol. The Morgan fingerprint density at radius 3 is 2.46 bits per heavy atom. The fraction of sp³-hybridized carbons (Fsp3) is 0.182. The van der Waals surface area contributed by atoms with Gasteiger partial charge in [-0.15, -0.1) is 0 Å². The minimum absolute atomic E-state index is 0.433. The third-order valence-corrected chi connectivity index (χ3v) is 1.69. The van der Waals surface area contributed by atoms with Crippen molar-refractivity contribution in [3.63, 3.8) is 0 Å². The Morgan fingerprint density at radius 2 is 2.00 bits per heavy atom. The van der Waals surface area contributed by atoms with Crippen molar-refractivity contribution in [2.75, 3.05) is 0 Å². The number of ether oxygens (including phenoxy) is 1. The van der Waals surface area contributed by atoms with Gasteiger partial charge in [0.2, 0.25) is 0 Å². The van der Waals surface area contributed by atoms with Crippen LogP contribution in [-0.4, -0.2) is 5.97 Å². The van der Waals surface area contributed by atoms with E-state index in [1.165, 1.54) is 0 Å². The molecule has 0 amide bonds. The summed E-state index contributed by atoms with van der Waals surface area (Å²) in [7, 11) is 0. The van der Waals surface area contributed by atoms with Crippen molar-refractivity contribution < 1.29 is 9.53 Å². The smallest absolute Gasteiger partial charge is 0.335 e. The van der Waals surface area contributed by atoms with Crippen molar-refractivity contribution in [2.24, 2.45) is 0 Å². The molecule has 0 N–H and O–H groups in total. The topological polar surface area (TPSA) is 26.3 Å². The van der Waals surface area contributed by atoms with E-state index in [1.807, 2.05) is 13.8 Å². The SMILES string of the molecule is C=CC(=O)Oc1c(C)c[c]cc1C. The van der Waals surface area contributed by atoms with Gasteiger partial charge in [0.05, 0.1) is 0 Å². The molecule has 1 aromatic carbocycles. The molecule has 0 bridgehead atoms. The van der Waals surface area contributed by atoms with Crippen LogP contribution in [0.4, 0.5) is 0 Å². The first-order valence-corrected chi connectivity index (χ1v) is 3.96. The van der Waals surface area contributed by atoms with E-state index in [9.17, 15) is 4.79 Å². The Hall–Kier alpha value is -1.57. The minimum Gasteiger partial charge on any atom is -0.423 e. The summed E-state index contributed by atoms with van der Waals surface area (Å²) in [5.41, 5.74) is 1.80. The normalized spacial score (nSPS) is 9.38. The van der Waals surface area contributed by atoms with E-state index in [0.29, 0.717) is 5.75 Å². The molecule has 1 rings (SSSR count). The van der Waals surface area contributed by atoms with Crippen molar-refractivity contribution >= 4 is 5.97 Å². The van der Waals surface area contributed by atoms with Gasteiger partial charge >= 0.3 is 5.97 Å². The molecule has 2 heteroatoms. The van der Waals surface area contributed by atoms with Gasteiger partial charge in [0, 0.05) is 6.08 Å². The minimum atomic E-state index is -0.433. The molecule has 0 aliphatic rings. The van der Waals surface area contributed by atoms with E-state index in [4.69, 9.17) is 4.74 Å². The van der Waals surface area contributed by atoms with Crippen molar-refractivity contribution in [1.82, 2.24) is 0 Å². The zero-order chi connectivity index (χ0) is 9.84. The number of carbonyl (C=O) groups excluding carboxylic acids is 1. The maximum Gasteiger partial charge on any atom is 0.335 e. The van der Waals surface area contributed by atoms with Gasteiger partial charge in [0.25, 0.3) is 0 Å². The molecule has 67 valence electrons. The Morgan fingerprint density at radius 1 is 1.46 bits per heavy atom. The van der Waals surface area contributed by atoms with Gasteiger partial charge in [-0.1, -0.05) is 6.58 Å². The number of hydrogen-bond donors (Lipinski definition) is 0. The zero-order valence-corrected chi connectivity index (χ0v) is 7.76. The first-order chi connectivity index (χ1) is 6.15. The second-order valence-corrected chi connectivity index (χ2v) is 2.78. The monoisotopic (exact) mass is 175 g/mol. The van der Waals surface area contributed by atoms with Crippen molar-refractivity contribution in [3.8, 4) is 5.75 Å². The standard InChI is InChI=1S/C11H11O2/c1-4-10(12)13-11-8(2)6-5-7-9(11)3/h4,6-7H,1H2,2-3H3. The highest BCUT2D eigenvalue weighted by atomic mass is 16.5. The number of esters is 1. The number of hydrogen-bond acceptors (Lipinski definition) is 2. The molecule has 2 nitrogen and oxygen atoms in total. The van der Waals surface area contributed by atoms with E-state index in [-0.39, 0.29) is 0 Å². The molecule has 0 saturated carbocycles. The van der Waals surface area contributed by atoms with Crippen LogP contribution in [-0.2, 0) is 4.79 Å². The van der Waals surface area contributed by atoms with Gasteiger partial charge < -0.3 is 4.74 Å². The summed E-state index contributed by atoms with van der Waals surface area (Å²) in [5.74, 6) is 0.168. The summed E-state index contributed by atoms with van der Waals surface area (Å²) < 4.78 is 5.05. The number of benzene rings is 1. The largest absolute Gasteiger partial charge is 0.423 e. The Labute approximate surface area is 77.8 Å². The first kappa shape index (κ1) is 9.52. The summed E-state index contributed by atoms with van der Waals surface area (Å²) in [5, 5.41) is 0. The second-order valence-electron chi connectivity index (χ2n) is 2.78. The van der Waals surface area contributed by atoms with E-state index in [1.54, 1.807) is 12.1 Å². The van der Waals surface area contributed by atoms with Gasteiger partial charge in [-0.25, -0.2) is 4.79 Å². The van der Waals surface area contributed by atoms with Crippen molar-refractivity contribution in [3.05, 3.63) is 42.0 Å². The average Bonchev–Trinajstić information content (AvgIpc) is 2.11. The van der Waals surface area contributed by atoms with Gasteiger partial charge in [0.1, 0.15) is 5.75 Å². The fourth-order valence-corrected chi connectivity index (χ4v) is 1.04. The average molecular weight is 175 g/mol. The zero-order valence-electron chi connectivity index (χ0n) is 7.76. The van der Waals surface area contributed by atoms with Gasteiger partial charge in [-0.3, -0.25) is 0 Å². The third-order valence-electron chi connectivity index (χ3n) is 1.69. The molecule has 0 saturated heterocycles. The molecule has 0 aliphatic heterocycles. The number of aryl methyl sites for hydroxylation is 2. The molecular weight excluding hydrogens is 164 g/mol. The van der Waals surface area contributed by atoms with Crippen LogP contribution in [0.2, 0.25) is 0 Å². The van der Waals surface area contributed by atoms with Crippen molar-refractivity contribution in [1.29, 1.82) is 0 Å². The van der Waals surface area contributed by atoms with Crippen LogP contribution < -0.4 is 4.74 Å². The molecule has 0 aliphatic carbocycles. The third kappa shape index (κ3) is 2.18. The van der Waals surface area contributed by atoms with Crippen LogP contribution >= 0.6 is 0 Å². The molecule has 1 aromatic rings.